The lowest BCUT2D eigenvalue weighted by molar-refractivity contribution is -0.118. The second-order valence-electron chi connectivity index (χ2n) is 6.34. The molecule has 28 heavy (non-hydrogen) atoms. The predicted molar refractivity (Wildman–Crippen MR) is 106 cm³/mol. The van der Waals surface area contributed by atoms with Gasteiger partial charge in [0.2, 0.25) is 23.2 Å². The first kappa shape index (κ1) is 18.5. The summed E-state index contributed by atoms with van der Waals surface area (Å²) in [6, 6.07) is 11.0. The van der Waals surface area contributed by atoms with Crippen molar-refractivity contribution < 1.29 is 13.9 Å². The third-order valence-electron chi connectivity index (χ3n) is 4.37. The van der Waals surface area contributed by atoms with Gasteiger partial charge in [0, 0.05) is 18.2 Å². The third-order valence-corrected chi connectivity index (χ3v) is 5.29. The Labute approximate surface area is 167 Å². The molecule has 1 aliphatic rings. The maximum Gasteiger partial charge on any atom is 0.247 e. The van der Waals surface area contributed by atoms with E-state index < -0.39 is 6.23 Å². The van der Waals surface area contributed by atoms with E-state index in [0.29, 0.717) is 28.2 Å². The number of aromatic nitrogens is 3. The zero-order valence-electron chi connectivity index (χ0n) is 15.7. The van der Waals surface area contributed by atoms with Crippen LogP contribution in [0.15, 0.2) is 52.2 Å². The highest BCUT2D eigenvalue weighted by Gasteiger charge is 2.35. The fraction of sp³-hybridized carbons (Fsp3) is 0.300. The molecule has 7 nitrogen and oxygen atoms in total. The van der Waals surface area contributed by atoms with E-state index in [9.17, 15) is 4.79 Å². The topological polar surface area (TPSA) is 81.3 Å². The number of carbonyl (C=O) groups excluding carboxylic acids is 1. The third kappa shape index (κ3) is 3.47. The molecule has 144 valence electrons. The number of anilines is 1. The largest absolute Gasteiger partial charge is 0.463 e. The second kappa shape index (κ2) is 8.02. The summed E-state index contributed by atoms with van der Waals surface area (Å²) in [5.41, 5.74) is 1.93. The molecule has 0 N–H and O–H groups in total. The molecule has 1 unspecified atom stereocenters. The van der Waals surface area contributed by atoms with Gasteiger partial charge in [-0.05, 0) is 24.6 Å². The Morgan fingerprint density at radius 2 is 2.07 bits per heavy atom. The van der Waals surface area contributed by atoms with E-state index in [1.54, 1.807) is 35.1 Å². The summed E-state index contributed by atoms with van der Waals surface area (Å²) in [5, 5.41) is 9.19. The first-order valence-corrected chi connectivity index (χ1v) is 10.1. The Bertz CT molecular complexity index is 977. The van der Waals surface area contributed by atoms with E-state index in [1.165, 1.54) is 6.92 Å². The lowest BCUT2D eigenvalue weighted by Crippen LogP contribution is -2.35. The molecular weight excluding hydrogens is 376 g/mol. The summed E-state index contributed by atoms with van der Waals surface area (Å²) >= 11 is 1.54. The van der Waals surface area contributed by atoms with Gasteiger partial charge in [0.1, 0.15) is 0 Å². The normalized spacial score (nSPS) is 15.4. The summed E-state index contributed by atoms with van der Waals surface area (Å²) < 4.78 is 11.7. The van der Waals surface area contributed by atoms with Crippen molar-refractivity contribution in [3.05, 3.63) is 48.4 Å². The number of nitrogens with zero attached hydrogens (tertiary/aromatic N) is 4. The first-order valence-electron chi connectivity index (χ1n) is 9.15. The molecule has 0 spiro atoms. The van der Waals surface area contributed by atoms with Gasteiger partial charge in [0.25, 0.3) is 0 Å². The Hall–Kier alpha value is -2.87. The minimum atomic E-state index is -0.778. The Balaban J connectivity index is 1.83. The molecule has 3 heterocycles. The predicted octanol–water partition coefficient (Wildman–Crippen LogP) is 4.47. The van der Waals surface area contributed by atoms with Crippen LogP contribution < -0.4 is 9.64 Å². The molecule has 1 aliphatic heterocycles. The van der Waals surface area contributed by atoms with Crippen LogP contribution in [-0.4, -0.2) is 26.8 Å². The van der Waals surface area contributed by atoms with Crippen molar-refractivity contribution in [2.75, 3.05) is 10.7 Å². The average molecular weight is 396 g/mol. The summed E-state index contributed by atoms with van der Waals surface area (Å²) in [6.45, 7) is 3.64. The first-order chi connectivity index (χ1) is 13.7. The molecule has 0 saturated carbocycles. The number of benzene rings is 1. The maximum absolute atomic E-state index is 12.6. The number of thioether (sulfide) groups is 1. The second-order valence-corrected chi connectivity index (χ2v) is 7.40. The number of hydrogen-bond donors (Lipinski definition) is 0. The van der Waals surface area contributed by atoms with Gasteiger partial charge in [-0.2, -0.15) is 4.98 Å². The van der Waals surface area contributed by atoms with Crippen LogP contribution in [0.25, 0.3) is 11.3 Å². The van der Waals surface area contributed by atoms with E-state index in [-0.39, 0.29) is 5.91 Å². The lowest BCUT2D eigenvalue weighted by Gasteiger charge is -2.28. The number of unbranched alkanes of at least 4 members (excludes halogenated alkanes) is 1. The van der Waals surface area contributed by atoms with Gasteiger partial charge in [-0.15, -0.1) is 10.2 Å². The monoisotopic (exact) mass is 396 g/mol. The number of hydrogen-bond acceptors (Lipinski definition) is 7. The van der Waals surface area contributed by atoms with E-state index in [2.05, 4.69) is 22.1 Å². The van der Waals surface area contributed by atoms with Gasteiger partial charge in [0.15, 0.2) is 11.5 Å². The number of rotatable bonds is 5. The minimum absolute atomic E-state index is 0.174. The molecule has 0 fully saturated rings. The summed E-state index contributed by atoms with van der Waals surface area (Å²) in [6.07, 6.45) is 2.95. The Morgan fingerprint density at radius 3 is 2.82 bits per heavy atom. The number of amides is 1. The molecule has 1 atom stereocenters. The smallest absolute Gasteiger partial charge is 0.247 e. The van der Waals surface area contributed by atoms with Crippen molar-refractivity contribution in [2.45, 2.75) is 38.1 Å². The van der Waals surface area contributed by atoms with Gasteiger partial charge < -0.3 is 9.15 Å². The van der Waals surface area contributed by atoms with Crippen LogP contribution in [-0.2, 0) is 4.79 Å². The van der Waals surface area contributed by atoms with Gasteiger partial charge in [-0.3, -0.25) is 9.69 Å². The van der Waals surface area contributed by atoms with Crippen LogP contribution in [0.3, 0.4) is 0 Å². The molecule has 1 amide bonds. The van der Waals surface area contributed by atoms with Crippen molar-refractivity contribution in [3.8, 4) is 17.1 Å². The van der Waals surface area contributed by atoms with Gasteiger partial charge in [-0.25, -0.2) is 0 Å². The lowest BCUT2D eigenvalue weighted by atomic mass is 10.1. The summed E-state index contributed by atoms with van der Waals surface area (Å²) in [5.74, 6) is 1.59. The summed E-state index contributed by atoms with van der Waals surface area (Å²) in [4.78, 5) is 18.7. The van der Waals surface area contributed by atoms with Crippen LogP contribution in [0.5, 0.6) is 5.88 Å². The number of carbonyl (C=O) groups is 1. The molecule has 3 aromatic rings. The van der Waals surface area contributed by atoms with Crippen molar-refractivity contribution in [3.63, 3.8) is 0 Å². The van der Waals surface area contributed by atoms with E-state index in [1.807, 2.05) is 24.3 Å². The zero-order valence-corrected chi connectivity index (χ0v) is 16.5. The highest BCUT2D eigenvalue weighted by Crippen LogP contribution is 2.43. The molecule has 4 rings (SSSR count). The SMILES string of the molecule is CCCCSc1nnc2c(n1)OC(c1ccco1)N(C(C)=O)c1ccccc1-2. The van der Waals surface area contributed by atoms with Crippen molar-refractivity contribution in [1.29, 1.82) is 0 Å². The highest BCUT2D eigenvalue weighted by atomic mass is 32.2. The fourth-order valence-electron chi connectivity index (χ4n) is 3.04. The summed E-state index contributed by atoms with van der Waals surface area (Å²) in [7, 11) is 0. The van der Waals surface area contributed by atoms with Crippen LogP contribution in [0.2, 0.25) is 0 Å². The van der Waals surface area contributed by atoms with Crippen LogP contribution in [0, 0.1) is 0 Å². The number of fused-ring (bicyclic) bond motifs is 3. The molecule has 1 aromatic carbocycles. The van der Waals surface area contributed by atoms with Crippen molar-refractivity contribution in [2.24, 2.45) is 0 Å². The molecule has 2 aromatic heterocycles. The minimum Gasteiger partial charge on any atom is -0.463 e. The van der Waals surface area contributed by atoms with Gasteiger partial charge in [0.05, 0.1) is 12.0 Å². The molecule has 0 bridgehead atoms. The Kier molecular flexibility index (Phi) is 5.29. The van der Waals surface area contributed by atoms with Crippen molar-refractivity contribution >= 4 is 23.4 Å². The molecular formula is C20H20N4O3S. The molecule has 0 saturated heterocycles. The molecule has 0 aliphatic carbocycles. The number of furan rings is 1. The fourth-order valence-corrected chi connectivity index (χ4v) is 3.90. The van der Waals surface area contributed by atoms with E-state index in [4.69, 9.17) is 9.15 Å². The van der Waals surface area contributed by atoms with Crippen LogP contribution in [0.1, 0.15) is 38.7 Å². The van der Waals surface area contributed by atoms with Gasteiger partial charge >= 0.3 is 0 Å². The maximum atomic E-state index is 12.6. The molecule has 8 heteroatoms. The van der Waals surface area contributed by atoms with Gasteiger partial charge in [-0.1, -0.05) is 43.3 Å². The highest BCUT2D eigenvalue weighted by molar-refractivity contribution is 7.99. The number of ether oxygens (including phenoxy) is 1. The van der Waals surface area contributed by atoms with Crippen LogP contribution in [0.4, 0.5) is 5.69 Å². The molecule has 0 radical (unpaired) electrons. The standard InChI is InChI=1S/C20H20N4O3S/c1-3-4-12-28-20-21-18-17(22-23-20)14-8-5-6-9-15(14)24(13(2)25)19(27-18)16-10-7-11-26-16/h5-11,19H,3-4,12H2,1-2H3. The quantitative estimate of drug-likeness (QED) is 0.465. The van der Waals surface area contributed by atoms with E-state index >= 15 is 0 Å². The number of para-hydroxylation sites is 1. The zero-order chi connectivity index (χ0) is 19.5. The van der Waals surface area contributed by atoms with E-state index in [0.717, 1.165) is 24.2 Å². The Morgan fingerprint density at radius 1 is 1.21 bits per heavy atom. The average Bonchev–Trinajstić information content (AvgIpc) is 3.18. The van der Waals surface area contributed by atoms with Crippen molar-refractivity contribution in [1.82, 2.24) is 15.2 Å². The van der Waals surface area contributed by atoms with Crippen LogP contribution >= 0.6 is 11.8 Å².